The zero-order valence-corrected chi connectivity index (χ0v) is 16.0. The van der Waals surface area contributed by atoms with E-state index in [9.17, 15) is 13.6 Å². The van der Waals surface area contributed by atoms with Crippen molar-refractivity contribution >= 4 is 17.5 Å². The zero-order chi connectivity index (χ0) is 21.8. The molecule has 0 fully saturated rings. The van der Waals surface area contributed by atoms with E-state index in [4.69, 9.17) is 5.21 Å². The van der Waals surface area contributed by atoms with Gasteiger partial charge in [0.05, 0.1) is 24.1 Å². The molecule has 156 valence electrons. The predicted octanol–water partition coefficient (Wildman–Crippen LogP) is 3.53. The molecule has 4 rings (SSSR count). The van der Waals surface area contributed by atoms with Crippen molar-refractivity contribution in [3.8, 4) is 11.3 Å². The van der Waals surface area contributed by atoms with Crippen LogP contribution in [-0.4, -0.2) is 30.9 Å². The van der Waals surface area contributed by atoms with E-state index in [0.717, 1.165) is 11.6 Å². The Morgan fingerprint density at radius 1 is 1.06 bits per heavy atom. The Morgan fingerprint density at radius 2 is 1.81 bits per heavy atom. The van der Waals surface area contributed by atoms with Gasteiger partial charge < -0.3 is 5.32 Å². The molecule has 0 saturated carbocycles. The number of hydroxylamine groups is 1. The Balaban J connectivity index is 1.46. The van der Waals surface area contributed by atoms with Crippen molar-refractivity contribution in [2.75, 3.05) is 5.32 Å². The van der Waals surface area contributed by atoms with Crippen molar-refractivity contribution in [1.29, 1.82) is 0 Å². The predicted molar refractivity (Wildman–Crippen MR) is 108 cm³/mol. The van der Waals surface area contributed by atoms with Gasteiger partial charge in [-0.05, 0) is 35.9 Å². The van der Waals surface area contributed by atoms with Gasteiger partial charge in [0.15, 0.2) is 0 Å². The summed E-state index contributed by atoms with van der Waals surface area (Å²) >= 11 is 0. The average Bonchev–Trinajstić information content (AvgIpc) is 3.20. The molecule has 0 atom stereocenters. The van der Waals surface area contributed by atoms with Crippen LogP contribution in [-0.2, 0) is 6.54 Å². The van der Waals surface area contributed by atoms with Crippen molar-refractivity contribution in [2.45, 2.75) is 6.54 Å². The lowest BCUT2D eigenvalue weighted by atomic mass is 10.1. The van der Waals surface area contributed by atoms with Gasteiger partial charge in [-0.15, -0.1) is 0 Å². The molecule has 0 unspecified atom stereocenters. The third kappa shape index (κ3) is 4.87. The maximum atomic E-state index is 13.5. The van der Waals surface area contributed by atoms with Crippen molar-refractivity contribution in [3.05, 3.63) is 89.9 Å². The van der Waals surface area contributed by atoms with Gasteiger partial charge in [0.1, 0.15) is 11.6 Å². The molecule has 0 aliphatic carbocycles. The lowest BCUT2D eigenvalue weighted by Crippen LogP contribution is -2.18. The highest BCUT2D eigenvalue weighted by molar-refractivity contribution is 5.93. The van der Waals surface area contributed by atoms with Gasteiger partial charge in [-0.1, -0.05) is 12.1 Å². The quantitative estimate of drug-likeness (QED) is 0.324. The van der Waals surface area contributed by atoms with Crippen LogP contribution < -0.4 is 10.8 Å². The summed E-state index contributed by atoms with van der Waals surface area (Å²) in [5.41, 5.74) is 4.12. The number of halogens is 2. The first-order valence-electron chi connectivity index (χ1n) is 9.12. The zero-order valence-electron chi connectivity index (χ0n) is 16.0. The first-order valence-corrected chi connectivity index (χ1v) is 9.12. The number of nitrogens with zero attached hydrogens (tertiary/aromatic N) is 4. The van der Waals surface area contributed by atoms with Crippen LogP contribution in [0.15, 0.2) is 67.1 Å². The van der Waals surface area contributed by atoms with E-state index in [1.807, 2.05) is 0 Å². The van der Waals surface area contributed by atoms with E-state index in [-0.39, 0.29) is 5.95 Å². The number of amides is 1. The highest BCUT2D eigenvalue weighted by atomic mass is 19.1. The topological polar surface area (TPSA) is 105 Å². The molecule has 2 heterocycles. The van der Waals surface area contributed by atoms with E-state index < -0.39 is 17.5 Å². The molecule has 0 aliphatic rings. The second kappa shape index (κ2) is 8.67. The Morgan fingerprint density at radius 3 is 2.52 bits per heavy atom. The third-order valence-electron chi connectivity index (χ3n) is 4.37. The fourth-order valence-corrected chi connectivity index (χ4v) is 2.94. The van der Waals surface area contributed by atoms with Gasteiger partial charge >= 0.3 is 0 Å². The molecule has 0 spiro atoms. The molecule has 2 aromatic carbocycles. The van der Waals surface area contributed by atoms with Gasteiger partial charge in [0, 0.05) is 29.6 Å². The van der Waals surface area contributed by atoms with Crippen LogP contribution in [0.3, 0.4) is 0 Å². The Labute approximate surface area is 175 Å². The molecule has 1 amide bonds. The van der Waals surface area contributed by atoms with Gasteiger partial charge in [-0.25, -0.2) is 24.2 Å². The first-order chi connectivity index (χ1) is 15.0. The first kappa shape index (κ1) is 20.1. The number of carbonyl (C=O) groups excluding carboxylic acids is 1. The highest BCUT2D eigenvalue weighted by Crippen LogP contribution is 2.21. The summed E-state index contributed by atoms with van der Waals surface area (Å²) in [5, 5.41) is 15.9. The van der Waals surface area contributed by atoms with E-state index >= 15 is 0 Å². The summed E-state index contributed by atoms with van der Waals surface area (Å²) in [7, 11) is 0. The van der Waals surface area contributed by atoms with Gasteiger partial charge in [-0.2, -0.15) is 5.10 Å². The molecule has 0 radical (unpaired) electrons. The molecule has 4 aromatic rings. The molecule has 0 aliphatic heterocycles. The fourth-order valence-electron chi connectivity index (χ4n) is 2.94. The average molecular weight is 422 g/mol. The number of carbonyl (C=O) groups is 1. The number of hydrogen-bond acceptors (Lipinski definition) is 6. The number of rotatable bonds is 6. The summed E-state index contributed by atoms with van der Waals surface area (Å²) in [6.07, 6.45) is 4.82. The number of anilines is 2. The monoisotopic (exact) mass is 422 g/mol. The number of aromatic nitrogens is 4. The van der Waals surface area contributed by atoms with Crippen LogP contribution in [0.1, 0.15) is 15.9 Å². The number of hydrogen-bond donors (Lipinski definition) is 3. The third-order valence-corrected chi connectivity index (χ3v) is 4.37. The highest BCUT2D eigenvalue weighted by Gasteiger charge is 2.08. The summed E-state index contributed by atoms with van der Waals surface area (Å²) in [5.74, 6) is -1.70. The maximum Gasteiger partial charge on any atom is 0.274 e. The van der Waals surface area contributed by atoms with E-state index in [1.165, 1.54) is 18.3 Å². The van der Waals surface area contributed by atoms with Gasteiger partial charge in [-0.3, -0.25) is 14.7 Å². The van der Waals surface area contributed by atoms with Crippen molar-refractivity contribution < 1.29 is 18.8 Å². The van der Waals surface area contributed by atoms with E-state index in [0.29, 0.717) is 29.1 Å². The van der Waals surface area contributed by atoms with Gasteiger partial charge in [0.25, 0.3) is 5.91 Å². The van der Waals surface area contributed by atoms with Crippen molar-refractivity contribution in [2.24, 2.45) is 0 Å². The minimum atomic E-state index is -0.686. The van der Waals surface area contributed by atoms with E-state index in [1.54, 1.807) is 52.9 Å². The lowest BCUT2D eigenvalue weighted by molar-refractivity contribution is 0.0706. The Kier molecular flexibility index (Phi) is 5.63. The second-order valence-corrected chi connectivity index (χ2v) is 6.61. The SMILES string of the molecule is O=C(NO)c1ccc(Cn2cc(Nc3nccc(-c4cc(F)cc(F)c4)n3)cn2)cc1. The fraction of sp³-hybridized carbons (Fsp3) is 0.0476. The molecule has 8 nitrogen and oxygen atoms in total. The smallest absolute Gasteiger partial charge is 0.274 e. The maximum absolute atomic E-state index is 13.5. The summed E-state index contributed by atoms with van der Waals surface area (Å²) in [4.78, 5) is 19.8. The van der Waals surface area contributed by atoms with Crippen LogP contribution in [0, 0.1) is 11.6 Å². The molecule has 3 N–H and O–H groups in total. The van der Waals surface area contributed by atoms with Crippen molar-refractivity contribution in [1.82, 2.24) is 25.2 Å². The summed E-state index contributed by atoms with van der Waals surface area (Å²) in [6, 6.07) is 11.5. The summed E-state index contributed by atoms with van der Waals surface area (Å²) in [6.45, 7) is 0.451. The van der Waals surface area contributed by atoms with Crippen LogP contribution in [0.25, 0.3) is 11.3 Å². The minimum absolute atomic E-state index is 0.251. The number of nitrogens with one attached hydrogen (secondary N) is 2. The lowest BCUT2D eigenvalue weighted by Gasteiger charge is -2.06. The van der Waals surface area contributed by atoms with Crippen LogP contribution in [0.5, 0.6) is 0 Å². The largest absolute Gasteiger partial charge is 0.321 e. The van der Waals surface area contributed by atoms with E-state index in [2.05, 4.69) is 20.4 Å². The molecular formula is C21H16F2N6O2. The molecule has 31 heavy (non-hydrogen) atoms. The van der Waals surface area contributed by atoms with Gasteiger partial charge in [0.2, 0.25) is 5.95 Å². The summed E-state index contributed by atoms with van der Waals surface area (Å²) < 4.78 is 28.6. The molecule has 0 bridgehead atoms. The normalized spacial score (nSPS) is 10.7. The second-order valence-electron chi connectivity index (χ2n) is 6.61. The van der Waals surface area contributed by atoms with Crippen LogP contribution >= 0.6 is 0 Å². The van der Waals surface area contributed by atoms with Crippen LogP contribution in [0.2, 0.25) is 0 Å². The van der Waals surface area contributed by atoms with Crippen molar-refractivity contribution in [3.63, 3.8) is 0 Å². The minimum Gasteiger partial charge on any atom is -0.321 e. The Hall–Kier alpha value is -4.18. The molecule has 0 saturated heterocycles. The molecule has 2 aromatic heterocycles. The van der Waals surface area contributed by atoms with Crippen LogP contribution in [0.4, 0.5) is 20.4 Å². The molecular weight excluding hydrogens is 406 g/mol. The Bertz CT molecular complexity index is 1210. The molecule has 10 heteroatoms. The standard InChI is InChI=1S/C21H16F2N6O2/c22-16-7-15(8-17(23)9-16)19-5-6-24-21(27-19)26-18-10-25-29(12-18)11-13-1-3-14(4-2-13)20(30)28-31/h1-10,12,31H,11H2,(H,28,30)(H,24,26,27). The number of benzene rings is 2.